The van der Waals surface area contributed by atoms with E-state index in [-0.39, 0.29) is 5.56 Å². The van der Waals surface area contributed by atoms with Gasteiger partial charge in [-0.2, -0.15) is 0 Å². The summed E-state index contributed by atoms with van der Waals surface area (Å²) in [5.41, 5.74) is 1.73. The third-order valence-corrected chi connectivity index (χ3v) is 2.76. The van der Waals surface area contributed by atoms with Gasteiger partial charge in [-0.25, -0.2) is 14.8 Å². The van der Waals surface area contributed by atoms with Crippen molar-refractivity contribution in [2.24, 2.45) is 0 Å². The Hall–Kier alpha value is -2.50. The second kappa shape index (κ2) is 6.60. The van der Waals surface area contributed by atoms with Crippen LogP contribution in [0.3, 0.4) is 0 Å². The number of hydrogen-bond donors (Lipinski definition) is 2. The van der Waals surface area contributed by atoms with Crippen LogP contribution in [0.2, 0.25) is 0 Å². The lowest BCUT2D eigenvalue weighted by Crippen LogP contribution is -2.10. The van der Waals surface area contributed by atoms with Crippen LogP contribution in [0.15, 0.2) is 30.7 Å². The van der Waals surface area contributed by atoms with Crippen LogP contribution in [0, 0.1) is 0 Å². The molecule has 2 rings (SSSR count). The highest BCUT2D eigenvalue weighted by Gasteiger charge is 2.12. The number of pyridine rings is 1. The molecule has 0 radical (unpaired) electrons. The molecule has 0 aromatic carbocycles. The molecular formula is C14H16N4O2. The Labute approximate surface area is 116 Å². The van der Waals surface area contributed by atoms with Crippen molar-refractivity contribution >= 4 is 11.9 Å². The van der Waals surface area contributed by atoms with Gasteiger partial charge in [-0.3, -0.25) is 4.98 Å². The first-order chi connectivity index (χ1) is 9.70. The summed E-state index contributed by atoms with van der Waals surface area (Å²) >= 11 is 0. The Balaban J connectivity index is 2.12. The van der Waals surface area contributed by atoms with Crippen molar-refractivity contribution in [1.82, 2.24) is 15.0 Å². The average molecular weight is 272 g/mol. The first-order valence-electron chi connectivity index (χ1n) is 6.42. The van der Waals surface area contributed by atoms with Crippen LogP contribution in [0.4, 0.5) is 5.95 Å². The zero-order valence-corrected chi connectivity index (χ0v) is 11.2. The minimum atomic E-state index is -0.993. The van der Waals surface area contributed by atoms with Gasteiger partial charge in [0.1, 0.15) is 0 Å². The van der Waals surface area contributed by atoms with Gasteiger partial charge in [0, 0.05) is 25.1 Å². The topological polar surface area (TPSA) is 88.0 Å². The normalized spacial score (nSPS) is 10.2. The molecular weight excluding hydrogens is 256 g/mol. The van der Waals surface area contributed by atoms with Crippen molar-refractivity contribution in [2.45, 2.75) is 26.3 Å². The predicted molar refractivity (Wildman–Crippen MR) is 74.6 cm³/mol. The molecule has 0 aliphatic heterocycles. The highest BCUT2D eigenvalue weighted by molar-refractivity contribution is 5.88. The maximum atomic E-state index is 11.1. The van der Waals surface area contributed by atoms with E-state index in [4.69, 9.17) is 5.11 Å². The van der Waals surface area contributed by atoms with Gasteiger partial charge in [-0.15, -0.1) is 0 Å². The molecule has 0 atom stereocenters. The fourth-order valence-corrected chi connectivity index (χ4v) is 1.79. The molecule has 2 heterocycles. The zero-order valence-electron chi connectivity index (χ0n) is 11.2. The fraction of sp³-hybridized carbons (Fsp3) is 0.286. The van der Waals surface area contributed by atoms with E-state index in [0.717, 1.165) is 12.0 Å². The first kappa shape index (κ1) is 13.9. The van der Waals surface area contributed by atoms with Crippen molar-refractivity contribution in [2.75, 3.05) is 5.32 Å². The van der Waals surface area contributed by atoms with E-state index in [2.05, 4.69) is 20.3 Å². The van der Waals surface area contributed by atoms with Crippen molar-refractivity contribution in [1.29, 1.82) is 0 Å². The summed E-state index contributed by atoms with van der Waals surface area (Å²) in [6, 6.07) is 3.80. The van der Waals surface area contributed by atoms with Crippen LogP contribution in [-0.2, 0) is 13.0 Å². The quantitative estimate of drug-likeness (QED) is 0.837. The van der Waals surface area contributed by atoms with Gasteiger partial charge in [-0.1, -0.05) is 19.4 Å². The van der Waals surface area contributed by atoms with Crippen molar-refractivity contribution < 1.29 is 9.90 Å². The van der Waals surface area contributed by atoms with E-state index < -0.39 is 5.97 Å². The Bertz CT molecular complexity index is 587. The molecule has 0 saturated heterocycles. The zero-order chi connectivity index (χ0) is 14.4. The summed E-state index contributed by atoms with van der Waals surface area (Å²) in [6.45, 7) is 2.53. The monoisotopic (exact) mass is 272 g/mol. The van der Waals surface area contributed by atoms with Gasteiger partial charge in [0.2, 0.25) is 5.95 Å². The van der Waals surface area contributed by atoms with Gasteiger partial charge in [0.05, 0.1) is 11.3 Å². The molecule has 20 heavy (non-hydrogen) atoms. The van der Waals surface area contributed by atoms with Gasteiger partial charge < -0.3 is 10.4 Å². The molecule has 0 fully saturated rings. The molecule has 104 valence electrons. The molecule has 0 unspecified atom stereocenters. The van der Waals surface area contributed by atoms with Crippen LogP contribution in [-0.4, -0.2) is 26.0 Å². The second-order valence-corrected chi connectivity index (χ2v) is 4.32. The summed E-state index contributed by atoms with van der Waals surface area (Å²) in [4.78, 5) is 23.4. The highest BCUT2D eigenvalue weighted by Crippen LogP contribution is 2.11. The Morgan fingerprint density at radius 2 is 2.25 bits per heavy atom. The number of anilines is 1. The third-order valence-electron chi connectivity index (χ3n) is 2.76. The number of aryl methyl sites for hydroxylation is 1. The number of aromatic carboxylic acids is 1. The molecule has 6 heteroatoms. The number of aromatic nitrogens is 3. The number of nitrogens with zero attached hydrogens (tertiary/aromatic N) is 3. The lowest BCUT2D eigenvalue weighted by molar-refractivity contribution is 0.0694. The van der Waals surface area contributed by atoms with E-state index in [0.29, 0.717) is 24.6 Å². The minimum Gasteiger partial charge on any atom is -0.478 e. The summed E-state index contributed by atoms with van der Waals surface area (Å²) in [6.07, 6.45) is 6.27. The smallest absolute Gasteiger partial charge is 0.339 e. The largest absolute Gasteiger partial charge is 0.478 e. The number of carbonyl (C=O) groups is 1. The Kier molecular flexibility index (Phi) is 4.60. The van der Waals surface area contributed by atoms with Crippen molar-refractivity contribution in [3.63, 3.8) is 0 Å². The lowest BCUT2D eigenvalue weighted by atomic mass is 10.1. The molecule has 0 aliphatic carbocycles. The Morgan fingerprint density at radius 3 is 2.90 bits per heavy atom. The molecule has 0 saturated carbocycles. The molecule has 2 aromatic rings. The SMILES string of the molecule is CCCc1nc(NCc2cccnc2)ncc1C(=O)O. The van der Waals surface area contributed by atoms with Crippen LogP contribution >= 0.6 is 0 Å². The number of rotatable bonds is 6. The molecule has 0 spiro atoms. The van der Waals surface area contributed by atoms with Crippen LogP contribution < -0.4 is 5.32 Å². The second-order valence-electron chi connectivity index (χ2n) is 4.32. The molecule has 2 N–H and O–H groups in total. The number of nitrogens with one attached hydrogen (secondary N) is 1. The van der Waals surface area contributed by atoms with E-state index in [1.54, 1.807) is 12.4 Å². The maximum Gasteiger partial charge on any atom is 0.339 e. The molecule has 6 nitrogen and oxygen atoms in total. The summed E-state index contributed by atoms with van der Waals surface area (Å²) in [5, 5.41) is 12.2. The molecule has 0 amide bonds. The van der Waals surface area contributed by atoms with Crippen molar-refractivity contribution in [3.8, 4) is 0 Å². The van der Waals surface area contributed by atoms with E-state index >= 15 is 0 Å². The van der Waals surface area contributed by atoms with Gasteiger partial charge in [-0.05, 0) is 18.1 Å². The van der Waals surface area contributed by atoms with Gasteiger partial charge >= 0.3 is 5.97 Å². The van der Waals surface area contributed by atoms with Crippen LogP contribution in [0.5, 0.6) is 0 Å². The third kappa shape index (κ3) is 3.50. The molecule has 2 aromatic heterocycles. The van der Waals surface area contributed by atoms with E-state index in [1.165, 1.54) is 6.20 Å². The van der Waals surface area contributed by atoms with Gasteiger partial charge in [0.25, 0.3) is 0 Å². The van der Waals surface area contributed by atoms with E-state index in [9.17, 15) is 4.79 Å². The number of carboxylic acid groups (broad SMARTS) is 1. The Morgan fingerprint density at radius 1 is 1.40 bits per heavy atom. The summed E-state index contributed by atoms with van der Waals surface area (Å²) < 4.78 is 0. The molecule has 0 aliphatic rings. The first-order valence-corrected chi connectivity index (χ1v) is 6.42. The number of hydrogen-bond acceptors (Lipinski definition) is 5. The molecule has 0 bridgehead atoms. The van der Waals surface area contributed by atoms with Crippen molar-refractivity contribution in [3.05, 3.63) is 47.5 Å². The minimum absolute atomic E-state index is 0.166. The van der Waals surface area contributed by atoms with Gasteiger partial charge in [0.15, 0.2) is 0 Å². The lowest BCUT2D eigenvalue weighted by Gasteiger charge is -2.08. The van der Waals surface area contributed by atoms with Crippen LogP contribution in [0.25, 0.3) is 0 Å². The standard InChI is InChI=1S/C14H16N4O2/c1-2-4-12-11(13(19)20)9-17-14(18-12)16-8-10-5-3-6-15-7-10/h3,5-7,9H,2,4,8H2,1H3,(H,19,20)(H,16,17,18). The highest BCUT2D eigenvalue weighted by atomic mass is 16.4. The fourth-order valence-electron chi connectivity index (χ4n) is 1.79. The summed E-state index contributed by atoms with van der Waals surface area (Å²) in [5.74, 6) is -0.561. The predicted octanol–water partition coefficient (Wildman–Crippen LogP) is 2.13. The van der Waals surface area contributed by atoms with E-state index in [1.807, 2.05) is 19.1 Å². The maximum absolute atomic E-state index is 11.1. The average Bonchev–Trinajstić information content (AvgIpc) is 2.46. The number of carboxylic acids is 1. The van der Waals surface area contributed by atoms with Crippen LogP contribution in [0.1, 0.15) is 35.0 Å². The summed E-state index contributed by atoms with van der Waals surface area (Å²) in [7, 11) is 0.